The van der Waals surface area contributed by atoms with E-state index in [0.29, 0.717) is 26.4 Å². The maximum Gasteiger partial charge on any atom is 0.288 e. The van der Waals surface area contributed by atoms with Crippen LogP contribution in [-0.2, 0) is 18.9 Å². The summed E-state index contributed by atoms with van der Waals surface area (Å²) in [5.74, 6) is -1.11. The first-order valence-corrected chi connectivity index (χ1v) is 14.8. The lowest BCUT2D eigenvalue weighted by Crippen LogP contribution is -2.49. The Morgan fingerprint density at radius 1 is 0.568 bits per heavy atom. The summed E-state index contributed by atoms with van der Waals surface area (Å²) in [5.41, 5.74) is 2.30. The van der Waals surface area contributed by atoms with Gasteiger partial charge in [-0.3, -0.25) is 0 Å². The lowest BCUT2D eigenvalue weighted by Gasteiger charge is -2.40. The van der Waals surface area contributed by atoms with Crippen LogP contribution in [-0.4, -0.2) is 32.4 Å². The second-order valence-electron chi connectivity index (χ2n) is 9.94. The van der Waals surface area contributed by atoms with Crippen molar-refractivity contribution < 1.29 is 18.9 Å². The average Bonchev–Trinajstić information content (AvgIpc) is 2.95. The lowest BCUT2D eigenvalue weighted by atomic mass is 9.97. The van der Waals surface area contributed by atoms with Gasteiger partial charge in [0.2, 0.25) is 0 Å². The van der Waals surface area contributed by atoms with E-state index in [2.05, 4.69) is 76.2 Å². The number of ether oxygens (including phenoxy) is 4. The third kappa shape index (κ3) is 11.3. The van der Waals surface area contributed by atoms with E-state index >= 15 is 0 Å². The second kappa shape index (κ2) is 19.4. The van der Waals surface area contributed by atoms with Crippen LogP contribution in [0.4, 0.5) is 0 Å². The molecule has 2 rings (SSSR count). The number of rotatable bonds is 22. The molecule has 0 saturated carbocycles. The van der Waals surface area contributed by atoms with Gasteiger partial charge in [-0.05, 0) is 36.8 Å². The van der Waals surface area contributed by atoms with E-state index in [9.17, 15) is 0 Å². The van der Waals surface area contributed by atoms with Gasteiger partial charge in [-0.15, -0.1) is 0 Å². The first-order chi connectivity index (χ1) is 18.2. The maximum atomic E-state index is 6.78. The Kier molecular flexibility index (Phi) is 16.5. The van der Waals surface area contributed by atoms with Crippen LogP contribution < -0.4 is 0 Å². The summed E-state index contributed by atoms with van der Waals surface area (Å²) in [5, 5.41) is 0. The Morgan fingerprint density at radius 3 is 1.49 bits per heavy atom. The molecule has 2 aromatic rings. The minimum absolute atomic E-state index is 0.0294. The smallest absolute Gasteiger partial charge is 0.288 e. The molecule has 0 radical (unpaired) electrons. The summed E-state index contributed by atoms with van der Waals surface area (Å²) >= 11 is 0. The zero-order valence-corrected chi connectivity index (χ0v) is 24.0. The van der Waals surface area contributed by atoms with Crippen LogP contribution in [0.3, 0.4) is 0 Å². The molecule has 37 heavy (non-hydrogen) atoms. The van der Waals surface area contributed by atoms with Gasteiger partial charge in [0.1, 0.15) is 6.10 Å². The van der Waals surface area contributed by atoms with Gasteiger partial charge in [-0.1, -0.05) is 127 Å². The molecule has 0 amide bonds. The van der Waals surface area contributed by atoms with Crippen molar-refractivity contribution in [1.29, 1.82) is 0 Å². The molecular weight excluding hydrogens is 460 g/mol. The Bertz CT molecular complexity index is 718. The van der Waals surface area contributed by atoms with Gasteiger partial charge in [0.15, 0.2) is 0 Å². The van der Waals surface area contributed by atoms with Crippen LogP contribution in [0.1, 0.15) is 109 Å². The van der Waals surface area contributed by atoms with E-state index in [-0.39, 0.29) is 12.0 Å². The van der Waals surface area contributed by atoms with Gasteiger partial charge >= 0.3 is 0 Å². The molecule has 208 valence electrons. The molecule has 0 heterocycles. The molecule has 4 heteroatoms. The average molecular weight is 513 g/mol. The van der Waals surface area contributed by atoms with Crippen LogP contribution in [0.2, 0.25) is 0 Å². The number of hydrogen-bond acceptors (Lipinski definition) is 4. The van der Waals surface area contributed by atoms with Crippen molar-refractivity contribution in [2.45, 2.75) is 104 Å². The van der Waals surface area contributed by atoms with Crippen molar-refractivity contribution in [3.63, 3.8) is 0 Å². The first kappa shape index (κ1) is 31.5. The molecule has 0 aliphatic heterocycles. The Morgan fingerprint density at radius 2 is 1.03 bits per heavy atom. The minimum Gasteiger partial charge on any atom is -0.368 e. The Labute approximate surface area is 227 Å². The van der Waals surface area contributed by atoms with E-state index < -0.39 is 5.97 Å². The van der Waals surface area contributed by atoms with Crippen molar-refractivity contribution >= 4 is 0 Å². The normalized spacial score (nSPS) is 12.8. The Balaban J connectivity index is 2.30. The van der Waals surface area contributed by atoms with E-state index in [4.69, 9.17) is 18.9 Å². The zero-order chi connectivity index (χ0) is 26.6. The summed E-state index contributed by atoms with van der Waals surface area (Å²) in [6, 6.07) is 21.0. The highest BCUT2D eigenvalue weighted by Gasteiger charge is 2.43. The van der Waals surface area contributed by atoms with Gasteiger partial charge < -0.3 is 18.9 Å². The monoisotopic (exact) mass is 512 g/mol. The van der Waals surface area contributed by atoms with Crippen molar-refractivity contribution in [3.05, 3.63) is 71.8 Å². The molecule has 1 atom stereocenters. The summed E-state index contributed by atoms with van der Waals surface area (Å²) in [6.07, 6.45) is 11.0. The fraction of sp³-hybridized carbons (Fsp3) is 0.636. The van der Waals surface area contributed by atoms with Gasteiger partial charge in [0.05, 0.1) is 32.3 Å². The largest absolute Gasteiger partial charge is 0.368 e. The number of hydrogen-bond donors (Lipinski definition) is 0. The lowest BCUT2D eigenvalue weighted by molar-refractivity contribution is -0.409. The van der Waals surface area contributed by atoms with E-state index in [1.165, 1.54) is 32.1 Å². The molecule has 1 unspecified atom stereocenters. The highest BCUT2D eigenvalue weighted by molar-refractivity contribution is 5.29. The molecule has 0 spiro atoms. The molecule has 0 aliphatic rings. The zero-order valence-electron chi connectivity index (χ0n) is 24.0. The van der Waals surface area contributed by atoms with Crippen LogP contribution in [0.15, 0.2) is 60.7 Å². The summed E-state index contributed by atoms with van der Waals surface area (Å²) in [4.78, 5) is 0. The SMILES string of the molecule is CCCCCCCCC(COC(c1ccccc1)c1ccccc1)C(OCCC)(OCCC)OCCC. The highest BCUT2D eigenvalue weighted by Crippen LogP contribution is 2.34. The summed E-state index contributed by atoms with van der Waals surface area (Å²) in [7, 11) is 0. The van der Waals surface area contributed by atoms with Gasteiger partial charge in [-0.25, -0.2) is 0 Å². The third-order valence-corrected chi connectivity index (χ3v) is 6.60. The van der Waals surface area contributed by atoms with Gasteiger partial charge in [-0.2, -0.15) is 0 Å². The van der Waals surface area contributed by atoms with Crippen LogP contribution in [0, 0.1) is 5.92 Å². The van der Waals surface area contributed by atoms with E-state index in [1.807, 2.05) is 12.1 Å². The standard InChI is InChI=1S/C33H52O4/c1-5-9-10-11-12-19-24-31(33(35-25-6-2,36-26-7-3)37-27-8-4)28-34-32(29-20-15-13-16-21-29)30-22-17-14-18-23-30/h13-18,20-23,31-32H,5-12,19,24-28H2,1-4H3. The molecule has 0 fully saturated rings. The molecule has 0 N–H and O–H groups in total. The first-order valence-electron chi connectivity index (χ1n) is 14.8. The predicted molar refractivity (Wildman–Crippen MR) is 154 cm³/mol. The maximum absolute atomic E-state index is 6.78. The second-order valence-corrected chi connectivity index (χ2v) is 9.94. The van der Waals surface area contributed by atoms with Crippen LogP contribution >= 0.6 is 0 Å². The Hall–Kier alpha value is -1.72. The van der Waals surface area contributed by atoms with Crippen molar-refractivity contribution in [2.75, 3.05) is 26.4 Å². The fourth-order valence-corrected chi connectivity index (χ4v) is 4.60. The number of unbranched alkanes of at least 4 members (excludes halogenated alkanes) is 5. The van der Waals surface area contributed by atoms with Gasteiger partial charge in [0, 0.05) is 0 Å². The third-order valence-electron chi connectivity index (χ3n) is 6.60. The van der Waals surface area contributed by atoms with E-state index in [0.717, 1.165) is 43.2 Å². The molecule has 4 nitrogen and oxygen atoms in total. The molecule has 0 bridgehead atoms. The number of benzene rings is 2. The summed E-state index contributed by atoms with van der Waals surface area (Å²) < 4.78 is 26.2. The molecular formula is C33H52O4. The van der Waals surface area contributed by atoms with Crippen molar-refractivity contribution in [3.8, 4) is 0 Å². The molecule has 0 aliphatic carbocycles. The predicted octanol–water partition coefficient (Wildman–Crippen LogP) is 9.09. The summed E-state index contributed by atoms with van der Waals surface area (Å²) in [6.45, 7) is 10.9. The van der Waals surface area contributed by atoms with Crippen LogP contribution in [0.5, 0.6) is 0 Å². The quantitative estimate of drug-likeness (QED) is 0.116. The van der Waals surface area contributed by atoms with Crippen LogP contribution in [0.25, 0.3) is 0 Å². The van der Waals surface area contributed by atoms with Crippen molar-refractivity contribution in [2.24, 2.45) is 5.92 Å². The molecule has 2 aromatic carbocycles. The fourth-order valence-electron chi connectivity index (χ4n) is 4.60. The van der Waals surface area contributed by atoms with Gasteiger partial charge in [0.25, 0.3) is 5.97 Å². The minimum atomic E-state index is -1.08. The topological polar surface area (TPSA) is 36.9 Å². The molecule has 0 saturated heterocycles. The molecule has 0 aromatic heterocycles. The van der Waals surface area contributed by atoms with Crippen molar-refractivity contribution in [1.82, 2.24) is 0 Å². The highest BCUT2D eigenvalue weighted by atomic mass is 16.9. The van der Waals surface area contributed by atoms with E-state index in [1.54, 1.807) is 0 Å².